The van der Waals surface area contributed by atoms with Gasteiger partial charge >= 0.3 is 0 Å². The molecule has 1 atom stereocenters. The second-order valence-electron chi connectivity index (χ2n) is 6.32. The highest BCUT2D eigenvalue weighted by molar-refractivity contribution is 5.86. The van der Waals surface area contributed by atoms with E-state index in [-0.39, 0.29) is 6.04 Å². The molecule has 3 N–H and O–H groups in total. The molecule has 0 aliphatic heterocycles. The van der Waals surface area contributed by atoms with Crippen molar-refractivity contribution >= 4 is 10.8 Å². The van der Waals surface area contributed by atoms with Crippen LogP contribution >= 0.6 is 0 Å². The number of nitrogens with two attached hydrogens (primary N) is 1. The monoisotopic (exact) mass is 282 g/mol. The fourth-order valence-corrected chi connectivity index (χ4v) is 3.82. The third kappa shape index (κ3) is 3.28. The standard InChI is InChI=1S/C19H26N2/c20-21-19(16-10-4-2-1-3-5-11-16)18-14-8-12-15-9-6-7-13-17(15)18/h6-9,12-14,16,19,21H,1-5,10-11,20H2. The van der Waals surface area contributed by atoms with Gasteiger partial charge in [0.05, 0.1) is 0 Å². The third-order valence-electron chi connectivity index (χ3n) is 4.96. The van der Waals surface area contributed by atoms with Crippen LogP contribution in [0, 0.1) is 5.92 Å². The Kier molecular flexibility index (Phi) is 4.89. The van der Waals surface area contributed by atoms with Crippen LogP contribution in [-0.4, -0.2) is 0 Å². The predicted octanol–water partition coefficient (Wildman–Crippen LogP) is 4.70. The molecule has 0 saturated heterocycles. The van der Waals surface area contributed by atoms with Crippen LogP contribution < -0.4 is 11.3 Å². The Morgan fingerprint density at radius 1 is 0.857 bits per heavy atom. The molecule has 0 bridgehead atoms. The average Bonchev–Trinajstić information content (AvgIpc) is 2.50. The summed E-state index contributed by atoms with van der Waals surface area (Å²) >= 11 is 0. The Morgan fingerprint density at radius 2 is 1.52 bits per heavy atom. The number of fused-ring (bicyclic) bond motifs is 1. The minimum Gasteiger partial charge on any atom is -0.271 e. The van der Waals surface area contributed by atoms with Crippen LogP contribution in [0.3, 0.4) is 0 Å². The summed E-state index contributed by atoms with van der Waals surface area (Å²) in [4.78, 5) is 0. The summed E-state index contributed by atoms with van der Waals surface area (Å²) < 4.78 is 0. The molecule has 1 aliphatic rings. The highest BCUT2D eigenvalue weighted by atomic mass is 15.2. The van der Waals surface area contributed by atoms with Crippen molar-refractivity contribution in [2.45, 2.75) is 51.0 Å². The summed E-state index contributed by atoms with van der Waals surface area (Å²) in [6.45, 7) is 0. The van der Waals surface area contributed by atoms with E-state index in [1.54, 1.807) is 0 Å². The highest BCUT2D eigenvalue weighted by Gasteiger charge is 2.23. The second-order valence-corrected chi connectivity index (χ2v) is 6.32. The van der Waals surface area contributed by atoms with Crippen molar-refractivity contribution in [1.29, 1.82) is 0 Å². The fourth-order valence-electron chi connectivity index (χ4n) is 3.82. The maximum atomic E-state index is 5.97. The molecule has 21 heavy (non-hydrogen) atoms. The molecule has 0 radical (unpaired) electrons. The fraction of sp³-hybridized carbons (Fsp3) is 0.474. The van der Waals surface area contributed by atoms with Crippen molar-refractivity contribution in [2.24, 2.45) is 11.8 Å². The Hall–Kier alpha value is -1.38. The van der Waals surface area contributed by atoms with Crippen molar-refractivity contribution in [1.82, 2.24) is 5.43 Å². The minimum atomic E-state index is 0.272. The Morgan fingerprint density at radius 3 is 2.29 bits per heavy atom. The first-order valence-corrected chi connectivity index (χ1v) is 8.34. The van der Waals surface area contributed by atoms with Crippen molar-refractivity contribution in [3.8, 4) is 0 Å². The van der Waals surface area contributed by atoms with Gasteiger partial charge in [0.25, 0.3) is 0 Å². The molecule has 112 valence electrons. The number of nitrogens with one attached hydrogen (secondary N) is 1. The lowest BCUT2D eigenvalue weighted by molar-refractivity contribution is 0.292. The predicted molar refractivity (Wildman–Crippen MR) is 89.8 cm³/mol. The number of benzene rings is 2. The van der Waals surface area contributed by atoms with Gasteiger partial charge in [0.2, 0.25) is 0 Å². The summed E-state index contributed by atoms with van der Waals surface area (Å²) in [6.07, 6.45) is 9.42. The van der Waals surface area contributed by atoms with E-state index in [1.165, 1.54) is 61.3 Å². The SMILES string of the molecule is NNC(c1cccc2ccccc12)C1CCCCCCC1. The molecule has 1 fully saturated rings. The molecule has 1 aliphatic carbocycles. The quantitative estimate of drug-likeness (QED) is 0.632. The summed E-state index contributed by atoms with van der Waals surface area (Å²) in [6, 6.07) is 15.5. The Balaban J connectivity index is 1.93. The molecule has 3 rings (SSSR count). The maximum Gasteiger partial charge on any atom is 0.0494 e. The Labute approximate surface area is 127 Å². The highest BCUT2D eigenvalue weighted by Crippen LogP contribution is 2.35. The lowest BCUT2D eigenvalue weighted by atomic mass is 9.82. The van der Waals surface area contributed by atoms with Crippen molar-refractivity contribution in [3.63, 3.8) is 0 Å². The first-order valence-electron chi connectivity index (χ1n) is 8.34. The van der Waals surface area contributed by atoms with Crippen LogP contribution in [0.4, 0.5) is 0 Å². The van der Waals surface area contributed by atoms with Gasteiger partial charge in [0.15, 0.2) is 0 Å². The minimum absolute atomic E-state index is 0.272. The van der Waals surface area contributed by atoms with Crippen LogP contribution in [0.15, 0.2) is 42.5 Å². The molecule has 0 spiro atoms. The third-order valence-corrected chi connectivity index (χ3v) is 4.96. The molecule has 2 heteroatoms. The Bertz CT molecular complexity index is 565. The molecular weight excluding hydrogens is 256 g/mol. The van der Waals surface area contributed by atoms with E-state index in [1.807, 2.05) is 0 Å². The number of rotatable bonds is 3. The van der Waals surface area contributed by atoms with Gasteiger partial charge in [0.1, 0.15) is 0 Å². The van der Waals surface area contributed by atoms with Crippen LogP contribution in [0.5, 0.6) is 0 Å². The molecule has 2 nitrogen and oxygen atoms in total. The van der Waals surface area contributed by atoms with Gasteiger partial charge < -0.3 is 0 Å². The van der Waals surface area contributed by atoms with Crippen LogP contribution in [0.1, 0.15) is 56.6 Å². The molecule has 1 saturated carbocycles. The van der Waals surface area contributed by atoms with E-state index in [9.17, 15) is 0 Å². The van der Waals surface area contributed by atoms with Crippen molar-refractivity contribution in [3.05, 3.63) is 48.0 Å². The average molecular weight is 282 g/mol. The van der Waals surface area contributed by atoms with Crippen LogP contribution in [0.25, 0.3) is 10.8 Å². The summed E-state index contributed by atoms with van der Waals surface area (Å²) in [5.41, 5.74) is 4.49. The zero-order chi connectivity index (χ0) is 14.5. The molecule has 0 aromatic heterocycles. The van der Waals surface area contributed by atoms with Gasteiger partial charge in [-0.1, -0.05) is 74.6 Å². The molecule has 0 heterocycles. The van der Waals surface area contributed by atoms with Gasteiger partial charge in [0, 0.05) is 6.04 Å². The van der Waals surface area contributed by atoms with E-state index >= 15 is 0 Å². The second kappa shape index (κ2) is 7.06. The van der Waals surface area contributed by atoms with E-state index < -0.39 is 0 Å². The molecular formula is C19H26N2. The van der Waals surface area contributed by atoms with Crippen LogP contribution in [0.2, 0.25) is 0 Å². The van der Waals surface area contributed by atoms with Gasteiger partial charge in [-0.05, 0) is 35.1 Å². The lowest BCUT2D eigenvalue weighted by Gasteiger charge is -2.29. The molecule has 1 unspecified atom stereocenters. The molecule has 2 aromatic carbocycles. The first-order chi connectivity index (χ1) is 10.4. The largest absolute Gasteiger partial charge is 0.271 e. The maximum absolute atomic E-state index is 5.97. The number of hydrogen-bond acceptors (Lipinski definition) is 2. The topological polar surface area (TPSA) is 38.0 Å². The van der Waals surface area contributed by atoms with Gasteiger partial charge in [-0.15, -0.1) is 0 Å². The van der Waals surface area contributed by atoms with Gasteiger partial charge in [-0.25, -0.2) is 0 Å². The van der Waals surface area contributed by atoms with Crippen molar-refractivity contribution in [2.75, 3.05) is 0 Å². The van der Waals surface area contributed by atoms with Crippen molar-refractivity contribution < 1.29 is 0 Å². The van der Waals surface area contributed by atoms with E-state index in [2.05, 4.69) is 47.9 Å². The smallest absolute Gasteiger partial charge is 0.0494 e. The zero-order valence-electron chi connectivity index (χ0n) is 12.7. The van der Waals surface area contributed by atoms with Crippen LogP contribution in [-0.2, 0) is 0 Å². The lowest BCUT2D eigenvalue weighted by Crippen LogP contribution is -2.34. The zero-order valence-corrected chi connectivity index (χ0v) is 12.7. The number of hydrazine groups is 1. The first kappa shape index (κ1) is 14.6. The summed E-state index contributed by atoms with van der Waals surface area (Å²) in [5.74, 6) is 6.62. The van der Waals surface area contributed by atoms with E-state index in [4.69, 9.17) is 5.84 Å². The normalized spacial score (nSPS) is 19.1. The number of hydrogen-bond donors (Lipinski definition) is 2. The van der Waals surface area contributed by atoms with Gasteiger partial charge in [-0.3, -0.25) is 11.3 Å². The summed E-state index contributed by atoms with van der Waals surface area (Å²) in [7, 11) is 0. The van der Waals surface area contributed by atoms with E-state index in [0.29, 0.717) is 5.92 Å². The van der Waals surface area contributed by atoms with Gasteiger partial charge in [-0.2, -0.15) is 0 Å². The summed E-state index contributed by atoms with van der Waals surface area (Å²) in [5, 5.41) is 2.64. The van der Waals surface area contributed by atoms with E-state index in [0.717, 1.165) is 0 Å². The molecule has 2 aromatic rings. The molecule has 0 amide bonds.